The molecule has 6 nitrogen and oxygen atoms in total. The van der Waals surface area contributed by atoms with E-state index in [-0.39, 0.29) is 18.4 Å². The van der Waals surface area contributed by atoms with Crippen molar-refractivity contribution >= 4 is 23.5 Å². The van der Waals surface area contributed by atoms with Gasteiger partial charge in [-0.2, -0.15) is 0 Å². The number of nitrogens with one attached hydrogen (secondary N) is 2. The fourth-order valence-electron chi connectivity index (χ4n) is 1.79. The molecule has 100 valence electrons. The van der Waals surface area contributed by atoms with Gasteiger partial charge in [-0.15, -0.1) is 0 Å². The van der Waals surface area contributed by atoms with Gasteiger partial charge in [0.1, 0.15) is 0 Å². The first-order valence-corrected chi connectivity index (χ1v) is 5.91. The molecule has 3 N–H and O–H groups in total. The zero-order valence-electron chi connectivity index (χ0n) is 10.4. The Kier molecular flexibility index (Phi) is 3.50. The van der Waals surface area contributed by atoms with Gasteiger partial charge in [-0.05, 0) is 17.7 Å². The smallest absolute Gasteiger partial charge is 0.308 e. The SMILES string of the molecule is CC(CNC(=O)c1ccc2c(c1)NC(=O)C2)C(=O)O. The number of hydrogen-bond acceptors (Lipinski definition) is 3. The Hall–Kier alpha value is -2.37. The molecule has 19 heavy (non-hydrogen) atoms. The first kappa shape index (κ1) is 13.1. The van der Waals surface area contributed by atoms with Crippen LogP contribution in [-0.2, 0) is 16.0 Å². The van der Waals surface area contributed by atoms with Gasteiger partial charge in [0.2, 0.25) is 5.91 Å². The number of hydrogen-bond donors (Lipinski definition) is 3. The number of benzene rings is 1. The van der Waals surface area contributed by atoms with Gasteiger partial charge >= 0.3 is 5.97 Å². The molecule has 0 saturated carbocycles. The molecule has 0 fully saturated rings. The Morgan fingerprint density at radius 3 is 2.89 bits per heavy atom. The zero-order valence-corrected chi connectivity index (χ0v) is 10.4. The number of fused-ring (bicyclic) bond motifs is 1. The summed E-state index contributed by atoms with van der Waals surface area (Å²) in [5.74, 6) is -2.04. The van der Waals surface area contributed by atoms with Gasteiger partial charge < -0.3 is 15.7 Å². The van der Waals surface area contributed by atoms with Crippen molar-refractivity contribution in [2.75, 3.05) is 11.9 Å². The summed E-state index contributed by atoms with van der Waals surface area (Å²) >= 11 is 0. The number of carboxylic acid groups (broad SMARTS) is 1. The summed E-state index contributed by atoms with van der Waals surface area (Å²) in [6.07, 6.45) is 0.327. The van der Waals surface area contributed by atoms with Gasteiger partial charge in [-0.25, -0.2) is 0 Å². The van der Waals surface area contributed by atoms with E-state index in [0.29, 0.717) is 17.7 Å². The molecule has 1 aromatic rings. The van der Waals surface area contributed by atoms with Crippen LogP contribution in [0.15, 0.2) is 18.2 Å². The number of carbonyl (C=O) groups excluding carboxylic acids is 2. The van der Waals surface area contributed by atoms with Crippen molar-refractivity contribution in [1.82, 2.24) is 5.32 Å². The summed E-state index contributed by atoms with van der Waals surface area (Å²) in [6.45, 7) is 1.59. The standard InChI is InChI=1S/C13H14N2O4/c1-7(13(18)19)6-14-12(17)9-3-2-8-5-11(16)15-10(8)4-9/h2-4,7H,5-6H2,1H3,(H,14,17)(H,15,16)(H,18,19). The van der Waals surface area contributed by atoms with Gasteiger partial charge in [0.05, 0.1) is 12.3 Å². The van der Waals surface area contributed by atoms with Crippen LogP contribution in [0, 0.1) is 5.92 Å². The number of anilines is 1. The lowest BCUT2D eigenvalue weighted by Crippen LogP contribution is -2.31. The average molecular weight is 262 g/mol. The maximum Gasteiger partial charge on any atom is 0.308 e. The molecule has 0 aromatic heterocycles. The van der Waals surface area contributed by atoms with Crippen molar-refractivity contribution in [3.05, 3.63) is 29.3 Å². The van der Waals surface area contributed by atoms with Gasteiger partial charge in [0, 0.05) is 17.8 Å². The van der Waals surface area contributed by atoms with E-state index >= 15 is 0 Å². The van der Waals surface area contributed by atoms with E-state index in [9.17, 15) is 14.4 Å². The molecule has 0 radical (unpaired) electrons. The van der Waals surface area contributed by atoms with Crippen molar-refractivity contribution in [3.8, 4) is 0 Å². The first-order chi connectivity index (χ1) is 8.97. The fraction of sp³-hybridized carbons (Fsp3) is 0.308. The molecule has 1 aliphatic rings. The summed E-state index contributed by atoms with van der Waals surface area (Å²) in [6, 6.07) is 4.95. The molecule has 1 aromatic carbocycles. The van der Waals surface area contributed by atoms with E-state index in [2.05, 4.69) is 10.6 Å². The second-order valence-electron chi connectivity index (χ2n) is 4.55. The molecular formula is C13H14N2O4. The van der Waals surface area contributed by atoms with Gasteiger partial charge in [-0.1, -0.05) is 13.0 Å². The Balaban J connectivity index is 2.03. The van der Waals surface area contributed by atoms with Crippen molar-refractivity contribution in [2.24, 2.45) is 5.92 Å². The predicted octanol–water partition coefficient (Wildman–Crippen LogP) is 0.632. The lowest BCUT2D eigenvalue weighted by molar-refractivity contribution is -0.140. The van der Waals surface area contributed by atoms with E-state index in [0.717, 1.165) is 5.56 Å². The van der Waals surface area contributed by atoms with Crippen LogP contribution >= 0.6 is 0 Å². The third-order valence-electron chi connectivity index (χ3n) is 2.99. The number of carbonyl (C=O) groups is 3. The summed E-state index contributed by atoms with van der Waals surface area (Å²) in [7, 11) is 0. The third-order valence-corrected chi connectivity index (χ3v) is 2.99. The van der Waals surface area contributed by atoms with Crippen molar-refractivity contribution in [1.29, 1.82) is 0 Å². The lowest BCUT2D eigenvalue weighted by atomic mass is 10.1. The largest absolute Gasteiger partial charge is 0.481 e. The molecule has 1 aliphatic heterocycles. The van der Waals surface area contributed by atoms with Crippen LogP contribution in [-0.4, -0.2) is 29.4 Å². The molecule has 1 heterocycles. The molecule has 0 spiro atoms. The number of amides is 2. The Bertz CT molecular complexity index is 554. The van der Waals surface area contributed by atoms with Crippen LogP contribution < -0.4 is 10.6 Å². The third kappa shape index (κ3) is 2.90. The van der Waals surface area contributed by atoms with Gasteiger partial charge in [-0.3, -0.25) is 14.4 Å². The highest BCUT2D eigenvalue weighted by Gasteiger charge is 2.19. The van der Waals surface area contributed by atoms with Crippen LogP contribution in [0.3, 0.4) is 0 Å². The van der Waals surface area contributed by atoms with Crippen LogP contribution in [0.1, 0.15) is 22.8 Å². The zero-order chi connectivity index (χ0) is 14.0. The minimum atomic E-state index is -0.957. The van der Waals surface area contributed by atoms with E-state index in [1.54, 1.807) is 18.2 Å². The number of aliphatic carboxylic acids is 1. The highest BCUT2D eigenvalue weighted by Crippen LogP contribution is 2.23. The maximum atomic E-state index is 11.8. The second kappa shape index (κ2) is 5.09. The highest BCUT2D eigenvalue weighted by atomic mass is 16.4. The van der Waals surface area contributed by atoms with E-state index in [1.807, 2.05) is 0 Å². The number of carboxylic acids is 1. The summed E-state index contributed by atoms with van der Waals surface area (Å²) in [5.41, 5.74) is 1.91. The molecule has 2 rings (SSSR count). The minimum absolute atomic E-state index is 0.0671. The van der Waals surface area contributed by atoms with E-state index in [4.69, 9.17) is 5.11 Å². The molecule has 1 unspecified atom stereocenters. The van der Waals surface area contributed by atoms with Crippen molar-refractivity contribution < 1.29 is 19.5 Å². The van der Waals surface area contributed by atoms with Crippen LogP contribution in [0.2, 0.25) is 0 Å². The molecule has 0 bridgehead atoms. The lowest BCUT2D eigenvalue weighted by Gasteiger charge is -2.09. The average Bonchev–Trinajstić information content (AvgIpc) is 2.74. The van der Waals surface area contributed by atoms with Crippen molar-refractivity contribution in [2.45, 2.75) is 13.3 Å². The molecule has 0 saturated heterocycles. The van der Waals surface area contributed by atoms with Gasteiger partial charge in [0.25, 0.3) is 5.91 Å². The van der Waals surface area contributed by atoms with E-state index in [1.165, 1.54) is 6.92 Å². The minimum Gasteiger partial charge on any atom is -0.481 e. The molecule has 2 amide bonds. The summed E-state index contributed by atoms with van der Waals surface area (Å²) < 4.78 is 0. The number of rotatable bonds is 4. The Morgan fingerprint density at radius 1 is 1.47 bits per heavy atom. The second-order valence-corrected chi connectivity index (χ2v) is 4.55. The Morgan fingerprint density at radius 2 is 2.21 bits per heavy atom. The quantitative estimate of drug-likeness (QED) is 0.741. The normalized spacial score (nSPS) is 14.5. The molecule has 1 atom stereocenters. The summed E-state index contributed by atoms with van der Waals surface area (Å²) in [5, 5.41) is 13.9. The first-order valence-electron chi connectivity index (χ1n) is 5.91. The highest BCUT2D eigenvalue weighted by molar-refractivity contribution is 6.02. The maximum absolute atomic E-state index is 11.8. The van der Waals surface area contributed by atoms with Crippen LogP contribution in [0.25, 0.3) is 0 Å². The molecule has 0 aliphatic carbocycles. The molecular weight excluding hydrogens is 248 g/mol. The van der Waals surface area contributed by atoms with E-state index < -0.39 is 11.9 Å². The van der Waals surface area contributed by atoms with Crippen LogP contribution in [0.4, 0.5) is 5.69 Å². The monoisotopic (exact) mass is 262 g/mol. The fourth-order valence-corrected chi connectivity index (χ4v) is 1.79. The van der Waals surface area contributed by atoms with Gasteiger partial charge in [0.15, 0.2) is 0 Å². The van der Waals surface area contributed by atoms with Crippen LogP contribution in [0.5, 0.6) is 0 Å². The predicted molar refractivity (Wildman–Crippen MR) is 67.9 cm³/mol. The van der Waals surface area contributed by atoms with Crippen molar-refractivity contribution in [3.63, 3.8) is 0 Å². The molecule has 6 heteroatoms. The Labute approximate surface area is 109 Å². The summed E-state index contributed by atoms with van der Waals surface area (Å²) in [4.78, 5) is 33.7. The topological polar surface area (TPSA) is 95.5 Å².